The summed E-state index contributed by atoms with van der Waals surface area (Å²) in [5.41, 5.74) is 2.85. The molecule has 2 aromatic rings. The lowest BCUT2D eigenvalue weighted by Gasteiger charge is -2.33. The molecule has 1 N–H and O–H groups in total. The molecule has 20 heavy (non-hydrogen) atoms. The summed E-state index contributed by atoms with van der Waals surface area (Å²) in [6.45, 7) is 2.15. The fraction of sp³-hybridized carbons (Fsp3) is 0.333. The maximum absolute atomic E-state index is 5.26. The molecule has 104 valence electrons. The zero-order valence-electron chi connectivity index (χ0n) is 11.9. The molecule has 0 unspecified atom stereocenters. The predicted octanol–water partition coefficient (Wildman–Crippen LogP) is 3.56. The van der Waals surface area contributed by atoms with Crippen LogP contribution in [0.1, 0.15) is 29.4 Å². The van der Waals surface area contributed by atoms with Crippen molar-refractivity contribution in [3.63, 3.8) is 0 Å². The Hall–Kier alpha value is -1.80. The van der Waals surface area contributed by atoms with E-state index in [0.29, 0.717) is 11.8 Å². The van der Waals surface area contributed by atoms with Crippen LogP contribution in [0.25, 0.3) is 0 Å². The minimum absolute atomic E-state index is 0.554. The third kappa shape index (κ3) is 2.70. The fourth-order valence-corrected chi connectivity index (χ4v) is 3.16. The van der Waals surface area contributed by atoms with Crippen LogP contribution in [0.3, 0.4) is 0 Å². The quantitative estimate of drug-likeness (QED) is 0.918. The number of piperidine rings is 1. The lowest BCUT2D eigenvalue weighted by atomic mass is 9.77. The third-order valence-electron chi connectivity index (χ3n) is 4.25. The average Bonchev–Trinajstić information content (AvgIpc) is 2.56. The third-order valence-corrected chi connectivity index (χ3v) is 4.25. The van der Waals surface area contributed by atoms with E-state index in [-0.39, 0.29) is 0 Å². The first-order chi connectivity index (χ1) is 9.88. The molecule has 3 rings (SSSR count). The van der Waals surface area contributed by atoms with E-state index >= 15 is 0 Å². The number of hydrogen-bond acceptors (Lipinski definition) is 2. The van der Waals surface area contributed by atoms with Gasteiger partial charge in [0, 0.05) is 12.5 Å². The SMILES string of the molecule is COc1ccc([C@H]2CCNC[C@@H]2c2ccccc2)cc1. The maximum atomic E-state index is 5.26. The smallest absolute Gasteiger partial charge is 0.118 e. The van der Waals surface area contributed by atoms with Crippen LogP contribution in [0.15, 0.2) is 54.6 Å². The highest BCUT2D eigenvalue weighted by molar-refractivity contribution is 5.33. The summed E-state index contributed by atoms with van der Waals surface area (Å²) in [6.07, 6.45) is 1.19. The van der Waals surface area contributed by atoms with Crippen molar-refractivity contribution in [2.24, 2.45) is 0 Å². The highest BCUT2D eigenvalue weighted by Crippen LogP contribution is 2.37. The lowest BCUT2D eigenvalue weighted by molar-refractivity contribution is 0.401. The van der Waals surface area contributed by atoms with Gasteiger partial charge in [-0.2, -0.15) is 0 Å². The van der Waals surface area contributed by atoms with Gasteiger partial charge >= 0.3 is 0 Å². The molecule has 1 aliphatic rings. The topological polar surface area (TPSA) is 21.3 Å². The summed E-state index contributed by atoms with van der Waals surface area (Å²) in [4.78, 5) is 0. The molecule has 2 aromatic carbocycles. The number of nitrogens with one attached hydrogen (secondary N) is 1. The Morgan fingerprint density at radius 2 is 1.60 bits per heavy atom. The number of hydrogen-bond donors (Lipinski definition) is 1. The van der Waals surface area contributed by atoms with Crippen molar-refractivity contribution in [2.75, 3.05) is 20.2 Å². The van der Waals surface area contributed by atoms with Crippen LogP contribution >= 0.6 is 0 Å². The predicted molar refractivity (Wildman–Crippen MR) is 82.4 cm³/mol. The van der Waals surface area contributed by atoms with Crippen molar-refractivity contribution in [3.05, 3.63) is 65.7 Å². The van der Waals surface area contributed by atoms with Crippen molar-refractivity contribution in [1.82, 2.24) is 5.32 Å². The fourth-order valence-electron chi connectivity index (χ4n) is 3.16. The first kappa shape index (κ1) is 13.2. The Morgan fingerprint density at radius 1 is 0.900 bits per heavy atom. The molecule has 0 amide bonds. The van der Waals surface area contributed by atoms with Gasteiger partial charge in [0.05, 0.1) is 7.11 Å². The molecular weight excluding hydrogens is 246 g/mol. The van der Waals surface area contributed by atoms with Crippen molar-refractivity contribution in [3.8, 4) is 5.75 Å². The second-order valence-electron chi connectivity index (χ2n) is 5.39. The molecule has 0 aromatic heterocycles. The van der Waals surface area contributed by atoms with Crippen LogP contribution < -0.4 is 10.1 Å². The average molecular weight is 267 g/mol. The molecule has 1 saturated heterocycles. The Bertz CT molecular complexity index is 535. The van der Waals surface area contributed by atoms with Crippen LogP contribution in [0.4, 0.5) is 0 Å². The number of methoxy groups -OCH3 is 1. The van der Waals surface area contributed by atoms with Gasteiger partial charge in [-0.3, -0.25) is 0 Å². The van der Waals surface area contributed by atoms with Gasteiger partial charge in [0.25, 0.3) is 0 Å². The van der Waals surface area contributed by atoms with Gasteiger partial charge in [0.15, 0.2) is 0 Å². The highest BCUT2D eigenvalue weighted by atomic mass is 16.5. The van der Waals surface area contributed by atoms with E-state index in [1.807, 2.05) is 0 Å². The minimum atomic E-state index is 0.554. The van der Waals surface area contributed by atoms with E-state index in [1.165, 1.54) is 17.5 Å². The van der Waals surface area contributed by atoms with E-state index in [4.69, 9.17) is 4.74 Å². The molecule has 0 saturated carbocycles. The van der Waals surface area contributed by atoms with Crippen LogP contribution in [0, 0.1) is 0 Å². The standard InChI is InChI=1S/C18H21NO/c1-20-16-9-7-15(8-10-16)17-11-12-19-13-18(17)14-5-3-2-4-6-14/h2-10,17-19H,11-13H2,1H3/t17-,18-/m1/s1. The first-order valence-corrected chi connectivity index (χ1v) is 7.28. The molecular formula is C18H21NO. The van der Waals surface area contributed by atoms with Gasteiger partial charge in [-0.15, -0.1) is 0 Å². The van der Waals surface area contributed by atoms with Crippen molar-refractivity contribution in [1.29, 1.82) is 0 Å². The minimum Gasteiger partial charge on any atom is -0.497 e. The van der Waals surface area contributed by atoms with Crippen LogP contribution in [0.5, 0.6) is 5.75 Å². The van der Waals surface area contributed by atoms with Gasteiger partial charge in [-0.1, -0.05) is 42.5 Å². The van der Waals surface area contributed by atoms with Crippen LogP contribution in [0.2, 0.25) is 0 Å². The zero-order chi connectivity index (χ0) is 13.8. The molecule has 1 aliphatic heterocycles. The first-order valence-electron chi connectivity index (χ1n) is 7.28. The molecule has 1 heterocycles. The van der Waals surface area contributed by atoms with Crippen LogP contribution in [-0.2, 0) is 0 Å². The highest BCUT2D eigenvalue weighted by Gasteiger charge is 2.27. The molecule has 0 radical (unpaired) electrons. The van der Waals surface area contributed by atoms with Crippen molar-refractivity contribution in [2.45, 2.75) is 18.3 Å². The van der Waals surface area contributed by atoms with E-state index in [2.05, 4.69) is 59.9 Å². The van der Waals surface area contributed by atoms with Gasteiger partial charge < -0.3 is 10.1 Å². The molecule has 0 aliphatic carbocycles. The largest absolute Gasteiger partial charge is 0.497 e. The molecule has 2 nitrogen and oxygen atoms in total. The molecule has 0 bridgehead atoms. The Morgan fingerprint density at radius 3 is 2.30 bits per heavy atom. The number of ether oxygens (including phenoxy) is 1. The summed E-state index contributed by atoms with van der Waals surface area (Å²) in [6, 6.07) is 19.4. The normalized spacial score (nSPS) is 22.4. The van der Waals surface area contributed by atoms with E-state index in [9.17, 15) is 0 Å². The second-order valence-corrected chi connectivity index (χ2v) is 5.39. The Balaban J connectivity index is 1.88. The van der Waals surface area contributed by atoms with E-state index in [1.54, 1.807) is 7.11 Å². The monoisotopic (exact) mass is 267 g/mol. The summed E-state index contributed by atoms with van der Waals surface area (Å²) in [7, 11) is 1.71. The van der Waals surface area contributed by atoms with Crippen molar-refractivity contribution < 1.29 is 4.74 Å². The summed E-state index contributed by atoms with van der Waals surface area (Å²) >= 11 is 0. The van der Waals surface area contributed by atoms with Gasteiger partial charge in [0.2, 0.25) is 0 Å². The lowest BCUT2D eigenvalue weighted by Crippen LogP contribution is -2.33. The molecule has 2 atom stereocenters. The number of rotatable bonds is 3. The van der Waals surface area contributed by atoms with Crippen molar-refractivity contribution >= 4 is 0 Å². The molecule has 1 fully saturated rings. The molecule has 2 heteroatoms. The zero-order valence-corrected chi connectivity index (χ0v) is 11.9. The van der Waals surface area contributed by atoms with Gasteiger partial charge in [0.1, 0.15) is 5.75 Å². The van der Waals surface area contributed by atoms with Gasteiger partial charge in [-0.25, -0.2) is 0 Å². The van der Waals surface area contributed by atoms with Gasteiger partial charge in [-0.05, 0) is 42.1 Å². The second kappa shape index (κ2) is 6.10. The van der Waals surface area contributed by atoms with E-state index < -0.39 is 0 Å². The Kier molecular flexibility index (Phi) is 4.03. The summed E-state index contributed by atoms with van der Waals surface area (Å²) in [5.74, 6) is 2.07. The Labute approximate surface area is 120 Å². The van der Waals surface area contributed by atoms with Crippen LogP contribution in [-0.4, -0.2) is 20.2 Å². The summed E-state index contributed by atoms with van der Waals surface area (Å²) in [5, 5.41) is 3.53. The summed E-state index contributed by atoms with van der Waals surface area (Å²) < 4.78 is 5.26. The number of benzene rings is 2. The maximum Gasteiger partial charge on any atom is 0.118 e. The van der Waals surface area contributed by atoms with E-state index in [0.717, 1.165) is 18.8 Å². The molecule has 0 spiro atoms.